The van der Waals surface area contributed by atoms with Gasteiger partial charge in [-0.25, -0.2) is 0 Å². The molecular formula is C13H16ClF2N3O. The number of aryl methyl sites for hydroxylation is 2. The van der Waals surface area contributed by atoms with Gasteiger partial charge in [-0.3, -0.25) is 9.48 Å². The highest BCUT2D eigenvalue weighted by Gasteiger charge is 2.20. The number of halogens is 3. The Morgan fingerprint density at radius 3 is 2.55 bits per heavy atom. The van der Waals surface area contributed by atoms with Gasteiger partial charge in [0.2, 0.25) is 0 Å². The van der Waals surface area contributed by atoms with Crippen LogP contribution < -0.4 is 5.32 Å². The van der Waals surface area contributed by atoms with Crippen LogP contribution in [0.3, 0.4) is 0 Å². The van der Waals surface area contributed by atoms with Crippen LogP contribution in [0, 0.1) is 6.92 Å². The minimum absolute atomic E-state index is 0.0477. The van der Waals surface area contributed by atoms with Crippen molar-refractivity contribution < 1.29 is 13.6 Å². The summed E-state index contributed by atoms with van der Waals surface area (Å²) < 4.78 is 25.9. The molecule has 0 aliphatic heterocycles. The van der Waals surface area contributed by atoms with Crippen molar-refractivity contribution in [1.82, 2.24) is 9.78 Å². The fraction of sp³-hybridized carbons (Fsp3) is 0.385. The summed E-state index contributed by atoms with van der Waals surface area (Å²) in [5.74, 6) is -1.35. The van der Waals surface area contributed by atoms with Gasteiger partial charge in [-0.1, -0.05) is 31.5 Å². The van der Waals surface area contributed by atoms with Crippen molar-refractivity contribution in [2.45, 2.75) is 27.2 Å². The number of hydrogen-bond donors (Lipinski definition) is 1. The maximum atomic E-state index is 12.2. The number of hydrogen-bond acceptors (Lipinski definition) is 2. The van der Waals surface area contributed by atoms with E-state index in [0.717, 1.165) is 5.56 Å². The van der Waals surface area contributed by atoms with Gasteiger partial charge in [0.05, 0.1) is 15.9 Å². The minimum Gasteiger partial charge on any atom is -0.304 e. The predicted octanol–water partition coefficient (Wildman–Crippen LogP) is 3.76. The first-order valence-corrected chi connectivity index (χ1v) is 6.50. The average molecular weight is 304 g/mol. The van der Waals surface area contributed by atoms with Gasteiger partial charge in [-0.15, -0.1) is 0 Å². The molecule has 2 aromatic rings. The van der Waals surface area contributed by atoms with Crippen molar-refractivity contribution in [2.24, 2.45) is 7.05 Å². The summed E-state index contributed by atoms with van der Waals surface area (Å²) in [6.07, 6.45) is -3.09. The summed E-state index contributed by atoms with van der Waals surface area (Å²) in [4.78, 5) is 11.0. The number of anilines is 1. The SMILES string of the molecule is CC.Cc1ccc(Cl)c2c(NC(=O)C(F)F)nn(C)c12. The summed E-state index contributed by atoms with van der Waals surface area (Å²) in [6, 6.07) is 3.43. The topological polar surface area (TPSA) is 46.9 Å². The number of aromatic nitrogens is 2. The number of carbonyl (C=O) groups is 1. The number of amides is 1. The van der Waals surface area contributed by atoms with E-state index in [1.54, 1.807) is 19.2 Å². The summed E-state index contributed by atoms with van der Waals surface area (Å²) in [6.45, 7) is 5.85. The summed E-state index contributed by atoms with van der Waals surface area (Å²) in [5.41, 5.74) is 1.59. The second-order valence-electron chi connectivity index (χ2n) is 3.85. The Hall–Kier alpha value is -1.69. The van der Waals surface area contributed by atoms with Crippen molar-refractivity contribution in [3.05, 3.63) is 22.7 Å². The van der Waals surface area contributed by atoms with Crippen LogP contribution in [-0.2, 0) is 11.8 Å². The first kappa shape index (κ1) is 16.4. The number of benzene rings is 1. The number of fused-ring (bicyclic) bond motifs is 1. The molecule has 110 valence electrons. The molecule has 1 aromatic heterocycles. The summed E-state index contributed by atoms with van der Waals surface area (Å²) in [5, 5.41) is 6.89. The molecule has 0 bridgehead atoms. The van der Waals surface area contributed by atoms with E-state index in [-0.39, 0.29) is 5.82 Å². The molecule has 1 N–H and O–H groups in total. The molecule has 0 spiro atoms. The van der Waals surface area contributed by atoms with Gasteiger partial charge in [-0.05, 0) is 18.6 Å². The van der Waals surface area contributed by atoms with Crippen LogP contribution in [0.1, 0.15) is 19.4 Å². The van der Waals surface area contributed by atoms with Crippen LogP contribution in [-0.4, -0.2) is 22.1 Å². The zero-order valence-electron chi connectivity index (χ0n) is 11.7. The Bertz CT molecular complexity index is 626. The molecule has 2 rings (SSSR count). The van der Waals surface area contributed by atoms with Gasteiger partial charge in [0.15, 0.2) is 5.82 Å². The first-order valence-electron chi connectivity index (χ1n) is 6.12. The highest BCUT2D eigenvalue weighted by atomic mass is 35.5. The Kier molecular flexibility index (Phi) is 5.44. The fourth-order valence-electron chi connectivity index (χ4n) is 1.82. The zero-order valence-corrected chi connectivity index (χ0v) is 12.4. The van der Waals surface area contributed by atoms with Gasteiger partial charge in [0.25, 0.3) is 5.91 Å². The molecule has 0 aliphatic carbocycles. The Morgan fingerprint density at radius 1 is 1.40 bits per heavy atom. The number of carbonyl (C=O) groups excluding carboxylic acids is 1. The summed E-state index contributed by atoms with van der Waals surface area (Å²) in [7, 11) is 1.66. The van der Waals surface area contributed by atoms with Gasteiger partial charge in [-0.2, -0.15) is 13.9 Å². The van der Waals surface area contributed by atoms with Crippen molar-refractivity contribution in [3.63, 3.8) is 0 Å². The lowest BCUT2D eigenvalue weighted by atomic mass is 10.1. The van der Waals surface area contributed by atoms with Crippen LogP contribution in [0.15, 0.2) is 12.1 Å². The molecule has 1 amide bonds. The number of nitrogens with one attached hydrogen (secondary N) is 1. The van der Waals surface area contributed by atoms with Crippen molar-refractivity contribution in [1.29, 1.82) is 0 Å². The number of nitrogens with zero attached hydrogens (tertiary/aromatic N) is 2. The largest absolute Gasteiger partial charge is 0.315 e. The van der Waals surface area contributed by atoms with Crippen LogP contribution in [0.4, 0.5) is 14.6 Å². The second-order valence-corrected chi connectivity index (χ2v) is 4.26. The fourth-order valence-corrected chi connectivity index (χ4v) is 2.06. The first-order chi connectivity index (χ1) is 9.41. The lowest BCUT2D eigenvalue weighted by molar-refractivity contribution is -0.126. The number of alkyl halides is 2. The predicted molar refractivity (Wildman–Crippen MR) is 76.4 cm³/mol. The smallest absolute Gasteiger partial charge is 0.304 e. The quantitative estimate of drug-likeness (QED) is 0.918. The van der Waals surface area contributed by atoms with E-state index >= 15 is 0 Å². The second kappa shape index (κ2) is 6.65. The maximum absolute atomic E-state index is 12.2. The lowest BCUT2D eigenvalue weighted by Crippen LogP contribution is -2.20. The summed E-state index contributed by atoms with van der Waals surface area (Å²) >= 11 is 6.02. The normalized spacial score (nSPS) is 10.4. The maximum Gasteiger partial charge on any atom is 0.315 e. The van der Waals surface area contributed by atoms with Crippen molar-refractivity contribution in [2.75, 3.05) is 5.32 Å². The number of rotatable bonds is 2. The molecule has 1 heterocycles. The van der Waals surface area contributed by atoms with Gasteiger partial charge in [0, 0.05) is 7.05 Å². The van der Waals surface area contributed by atoms with E-state index in [9.17, 15) is 13.6 Å². The van der Waals surface area contributed by atoms with E-state index in [1.807, 2.05) is 20.8 Å². The van der Waals surface area contributed by atoms with Gasteiger partial charge < -0.3 is 5.32 Å². The molecule has 0 atom stereocenters. The monoisotopic (exact) mass is 303 g/mol. The highest BCUT2D eigenvalue weighted by Crippen LogP contribution is 2.32. The molecule has 1 aromatic carbocycles. The van der Waals surface area contributed by atoms with Crippen LogP contribution in [0.5, 0.6) is 0 Å². The van der Waals surface area contributed by atoms with Crippen molar-refractivity contribution >= 4 is 34.2 Å². The minimum atomic E-state index is -3.09. The molecule has 4 nitrogen and oxygen atoms in total. The van der Waals surface area contributed by atoms with E-state index in [0.29, 0.717) is 15.9 Å². The standard InChI is InChI=1S/C11H10ClF2N3O.C2H6/c1-5-3-4-6(12)7-8(5)17(2)16-10(7)15-11(18)9(13)14;1-2/h3-4,9H,1-2H3,(H,15,16,18);1-2H3. The van der Waals surface area contributed by atoms with E-state index < -0.39 is 12.3 Å². The highest BCUT2D eigenvalue weighted by molar-refractivity contribution is 6.36. The third kappa shape index (κ3) is 3.07. The molecule has 0 aliphatic rings. The van der Waals surface area contributed by atoms with Crippen LogP contribution in [0.25, 0.3) is 10.9 Å². The molecular weight excluding hydrogens is 288 g/mol. The van der Waals surface area contributed by atoms with Gasteiger partial charge in [0.1, 0.15) is 0 Å². The lowest BCUT2D eigenvalue weighted by Gasteiger charge is -2.02. The van der Waals surface area contributed by atoms with E-state index in [1.165, 1.54) is 4.68 Å². The molecule has 7 heteroatoms. The third-order valence-electron chi connectivity index (χ3n) is 2.58. The third-order valence-corrected chi connectivity index (χ3v) is 2.89. The van der Waals surface area contributed by atoms with Gasteiger partial charge >= 0.3 is 6.43 Å². The average Bonchev–Trinajstić information content (AvgIpc) is 2.74. The molecule has 0 fully saturated rings. The van der Waals surface area contributed by atoms with E-state index in [4.69, 9.17) is 11.6 Å². The zero-order chi connectivity index (χ0) is 15.4. The Morgan fingerprint density at radius 2 is 2.00 bits per heavy atom. The van der Waals surface area contributed by atoms with Crippen molar-refractivity contribution in [3.8, 4) is 0 Å². The van der Waals surface area contributed by atoms with E-state index in [2.05, 4.69) is 10.4 Å². The molecule has 0 unspecified atom stereocenters. The Labute approximate surface area is 120 Å². The molecule has 20 heavy (non-hydrogen) atoms. The Balaban J connectivity index is 0.000000956. The molecule has 0 saturated heterocycles. The van der Waals surface area contributed by atoms with Crippen LogP contribution >= 0.6 is 11.6 Å². The molecule has 0 saturated carbocycles. The molecule has 0 radical (unpaired) electrons. The van der Waals surface area contributed by atoms with Crippen LogP contribution in [0.2, 0.25) is 5.02 Å².